The molecule has 0 aliphatic heterocycles. The maximum Gasteiger partial charge on any atom is 0.298 e. The monoisotopic (exact) mass is 425 g/mol. The molecule has 0 radical (unpaired) electrons. The molecule has 1 heterocycles. The maximum absolute atomic E-state index is 13.3. The van der Waals surface area contributed by atoms with Crippen molar-refractivity contribution >= 4 is 17.5 Å². The number of hydrazine groups is 1. The molecule has 27 heavy (non-hydrogen) atoms. The highest BCUT2D eigenvalue weighted by Crippen LogP contribution is 2.20. The molecule has 1 unspecified atom stereocenters. The number of carbonyl (C=O) groups excluding carboxylic acids is 2. The number of anilines is 1. The van der Waals surface area contributed by atoms with Gasteiger partial charge in [0.05, 0.1) is 6.20 Å². The van der Waals surface area contributed by atoms with E-state index in [0.29, 0.717) is 11.4 Å². The Kier molecular flexibility index (Phi) is 7.25. The predicted molar refractivity (Wildman–Crippen MR) is 99.4 cm³/mol. The van der Waals surface area contributed by atoms with Crippen LogP contribution in [-0.2, 0) is 4.79 Å². The van der Waals surface area contributed by atoms with Crippen molar-refractivity contribution in [3.05, 3.63) is 96.2 Å². The van der Waals surface area contributed by atoms with Crippen LogP contribution >= 0.6 is 0 Å². The third-order valence-corrected chi connectivity index (χ3v) is 3.96. The summed E-state index contributed by atoms with van der Waals surface area (Å²) in [5, 5.41) is 0. The molecule has 0 bridgehead atoms. The van der Waals surface area contributed by atoms with Gasteiger partial charge in [0.1, 0.15) is 0 Å². The molecule has 138 valence electrons. The van der Waals surface area contributed by atoms with Crippen LogP contribution in [0.15, 0.2) is 85.1 Å². The van der Waals surface area contributed by atoms with Crippen molar-refractivity contribution in [1.29, 1.82) is 0 Å². The molecule has 1 amide bonds. The minimum atomic E-state index is -0.559. The standard InChI is InChI=1S/C21H19N3O2.BrH/c1-16(25)22-23-19-14-8-9-15-24(19)20(17-10-4-2-5-11-17)21(26)18-12-6-3-7-13-18;/h2-15,20H,1H3,(H,22,25);1H. The lowest BCUT2D eigenvalue weighted by Crippen LogP contribution is -3.00. The van der Waals surface area contributed by atoms with Gasteiger partial charge in [-0.3, -0.25) is 9.59 Å². The second-order valence-electron chi connectivity index (χ2n) is 5.84. The fourth-order valence-corrected chi connectivity index (χ4v) is 2.77. The number of Topliss-reactive ketones (excluding diaryl/α,β-unsaturated/α-hetero) is 1. The number of nitrogens with one attached hydrogen (secondary N) is 2. The number of carbonyl (C=O) groups is 2. The van der Waals surface area contributed by atoms with Crippen LogP contribution < -0.4 is 32.4 Å². The highest BCUT2D eigenvalue weighted by molar-refractivity contribution is 5.99. The first-order valence-electron chi connectivity index (χ1n) is 8.34. The van der Waals surface area contributed by atoms with Crippen molar-refractivity contribution in [3.63, 3.8) is 0 Å². The molecule has 6 heteroatoms. The number of nitrogens with zero attached hydrogens (tertiary/aromatic N) is 1. The molecule has 2 N–H and O–H groups in total. The van der Waals surface area contributed by atoms with Gasteiger partial charge < -0.3 is 17.0 Å². The summed E-state index contributed by atoms with van der Waals surface area (Å²) >= 11 is 0. The normalized spacial score (nSPS) is 11.0. The summed E-state index contributed by atoms with van der Waals surface area (Å²) in [6, 6.07) is 23.7. The minimum absolute atomic E-state index is 0. The van der Waals surface area contributed by atoms with Gasteiger partial charge in [-0.25, -0.2) is 4.57 Å². The Hall–Kier alpha value is -2.99. The number of hydrogen-bond acceptors (Lipinski definition) is 3. The van der Waals surface area contributed by atoms with E-state index in [1.54, 1.807) is 0 Å². The molecule has 5 nitrogen and oxygen atoms in total. The quantitative estimate of drug-likeness (QED) is 0.329. The van der Waals surface area contributed by atoms with Crippen molar-refractivity contribution in [2.75, 3.05) is 5.43 Å². The SMILES string of the molecule is CC(=O)NNc1cccc[n+]1C(C(=O)c1ccccc1)c1ccccc1.[Br-]. The Labute approximate surface area is 168 Å². The third-order valence-electron chi connectivity index (χ3n) is 3.96. The van der Waals surface area contributed by atoms with Crippen LogP contribution in [0.2, 0.25) is 0 Å². The summed E-state index contributed by atoms with van der Waals surface area (Å²) < 4.78 is 1.82. The molecule has 0 aliphatic carbocycles. The smallest absolute Gasteiger partial charge is 0.298 e. The van der Waals surface area contributed by atoms with Gasteiger partial charge in [-0.1, -0.05) is 66.7 Å². The van der Waals surface area contributed by atoms with Crippen LogP contribution in [0, 0.1) is 0 Å². The number of benzene rings is 2. The van der Waals surface area contributed by atoms with Gasteiger partial charge in [0, 0.05) is 24.1 Å². The van der Waals surface area contributed by atoms with Crippen molar-refractivity contribution in [3.8, 4) is 0 Å². The molecular weight excluding hydrogens is 406 g/mol. The second kappa shape index (κ2) is 9.64. The first-order chi connectivity index (χ1) is 12.7. The fraction of sp³-hybridized carbons (Fsp3) is 0.0952. The molecule has 0 aliphatic rings. The molecule has 1 aromatic heterocycles. The molecular formula is C21H20BrN3O2. The first-order valence-corrected chi connectivity index (χ1v) is 8.34. The number of amides is 1. The number of pyridine rings is 1. The third kappa shape index (κ3) is 5.01. The Balaban J connectivity index is 0.00000261. The number of aromatic nitrogens is 1. The summed E-state index contributed by atoms with van der Waals surface area (Å²) in [7, 11) is 0. The first kappa shape index (κ1) is 20.3. The van der Waals surface area contributed by atoms with E-state index in [2.05, 4.69) is 10.9 Å². The van der Waals surface area contributed by atoms with Crippen LogP contribution in [0.25, 0.3) is 0 Å². The molecule has 2 aromatic carbocycles. The van der Waals surface area contributed by atoms with Crippen LogP contribution in [-0.4, -0.2) is 11.7 Å². The average molecular weight is 426 g/mol. The zero-order valence-electron chi connectivity index (χ0n) is 14.8. The summed E-state index contributed by atoms with van der Waals surface area (Å²) in [6.45, 7) is 1.42. The highest BCUT2D eigenvalue weighted by atomic mass is 79.9. The number of ketones is 1. The van der Waals surface area contributed by atoms with Crippen molar-refractivity contribution in [2.24, 2.45) is 0 Å². The largest absolute Gasteiger partial charge is 1.00 e. The van der Waals surface area contributed by atoms with Crippen molar-refractivity contribution < 1.29 is 31.1 Å². The molecule has 3 rings (SSSR count). The summed E-state index contributed by atoms with van der Waals surface area (Å²) in [5.41, 5.74) is 6.94. The van der Waals surface area contributed by atoms with Gasteiger partial charge in [-0.15, -0.1) is 0 Å². The van der Waals surface area contributed by atoms with Gasteiger partial charge in [-0.05, 0) is 6.07 Å². The van der Waals surface area contributed by atoms with Gasteiger partial charge in [0.25, 0.3) is 11.7 Å². The molecule has 1 atom stereocenters. The molecule has 0 saturated heterocycles. The second-order valence-corrected chi connectivity index (χ2v) is 5.84. The van der Waals surface area contributed by atoms with E-state index in [1.807, 2.05) is 89.6 Å². The lowest BCUT2D eigenvalue weighted by molar-refractivity contribution is -0.685. The van der Waals surface area contributed by atoms with Crippen molar-refractivity contribution in [1.82, 2.24) is 5.43 Å². The Morgan fingerprint density at radius 2 is 1.44 bits per heavy atom. The van der Waals surface area contributed by atoms with E-state index in [4.69, 9.17) is 0 Å². The molecule has 0 fully saturated rings. The topological polar surface area (TPSA) is 62.1 Å². The Morgan fingerprint density at radius 1 is 0.852 bits per heavy atom. The van der Waals surface area contributed by atoms with E-state index < -0.39 is 6.04 Å². The van der Waals surface area contributed by atoms with Crippen LogP contribution in [0.4, 0.5) is 5.82 Å². The Bertz CT molecular complexity index is 902. The zero-order valence-corrected chi connectivity index (χ0v) is 16.4. The molecule has 3 aromatic rings. The van der Waals surface area contributed by atoms with Gasteiger partial charge >= 0.3 is 0 Å². The molecule has 0 saturated carbocycles. The van der Waals surface area contributed by atoms with Crippen molar-refractivity contribution in [2.45, 2.75) is 13.0 Å². The van der Waals surface area contributed by atoms with Gasteiger partial charge in [0.15, 0.2) is 6.04 Å². The van der Waals surface area contributed by atoms with E-state index in [1.165, 1.54) is 6.92 Å². The van der Waals surface area contributed by atoms with Crippen LogP contribution in [0.1, 0.15) is 28.9 Å². The van der Waals surface area contributed by atoms with E-state index in [-0.39, 0.29) is 28.7 Å². The fourth-order valence-electron chi connectivity index (χ4n) is 2.77. The number of halogens is 1. The number of hydrogen-bond donors (Lipinski definition) is 2. The lowest BCUT2D eigenvalue weighted by Gasteiger charge is -2.17. The Morgan fingerprint density at radius 3 is 2.07 bits per heavy atom. The van der Waals surface area contributed by atoms with E-state index in [0.717, 1.165) is 5.56 Å². The van der Waals surface area contributed by atoms with Crippen LogP contribution in [0.5, 0.6) is 0 Å². The minimum Gasteiger partial charge on any atom is -1.00 e. The summed E-state index contributed by atoms with van der Waals surface area (Å²) in [6.07, 6.45) is 1.82. The maximum atomic E-state index is 13.3. The zero-order chi connectivity index (χ0) is 18.4. The van der Waals surface area contributed by atoms with E-state index >= 15 is 0 Å². The highest BCUT2D eigenvalue weighted by Gasteiger charge is 2.29. The predicted octanol–water partition coefficient (Wildman–Crippen LogP) is -0.0866. The van der Waals surface area contributed by atoms with Crippen LogP contribution in [0.3, 0.4) is 0 Å². The van der Waals surface area contributed by atoms with Gasteiger partial charge in [0.2, 0.25) is 5.78 Å². The lowest BCUT2D eigenvalue weighted by atomic mass is 9.97. The number of rotatable bonds is 6. The summed E-state index contributed by atoms with van der Waals surface area (Å²) in [5.74, 6) is 0.366. The summed E-state index contributed by atoms with van der Waals surface area (Å²) in [4.78, 5) is 24.6. The van der Waals surface area contributed by atoms with Gasteiger partial charge in [-0.2, -0.15) is 10.9 Å². The molecule has 0 spiro atoms. The average Bonchev–Trinajstić information content (AvgIpc) is 2.69. The van der Waals surface area contributed by atoms with E-state index in [9.17, 15) is 9.59 Å².